The number of rotatable bonds is 5. The predicted molar refractivity (Wildman–Crippen MR) is 70.2 cm³/mol. The van der Waals surface area contributed by atoms with Gasteiger partial charge in [-0.05, 0) is 12.3 Å². The van der Waals surface area contributed by atoms with Crippen molar-refractivity contribution in [3.05, 3.63) is 0 Å². The van der Waals surface area contributed by atoms with Gasteiger partial charge in [0, 0.05) is 26.2 Å². The van der Waals surface area contributed by atoms with Crippen LogP contribution in [-0.2, 0) is 9.53 Å². The maximum Gasteiger partial charge on any atom is 0.237 e. The Morgan fingerprint density at radius 1 is 1.33 bits per heavy atom. The monoisotopic (exact) mass is 255 g/mol. The molecule has 0 aromatic heterocycles. The largest absolute Gasteiger partial charge is 0.379 e. The van der Waals surface area contributed by atoms with Crippen LogP contribution in [0.25, 0.3) is 0 Å². The summed E-state index contributed by atoms with van der Waals surface area (Å²) in [6.45, 7) is 10.3. The van der Waals surface area contributed by atoms with Gasteiger partial charge < -0.3 is 9.64 Å². The number of morpholine rings is 1. The summed E-state index contributed by atoms with van der Waals surface area (Å²) >= 11 is 0. The first-order valence-corrected chi connectivity index (χ1v) is 7.00. The maximum absolute atomic E-state index is 11.9. The first-order valence-electron chi connectivity index (χ1n) is 7.00. The highest BCUT2D eigenvalue weighted by atomic mass is 16.5. The highest BCUT2D eigenvalue weighted by molar-refractivity contribution is 5.80. The van der Waals surface area contributed by atoms with Gasteiger partial charge in [-0.1, -0.05) is 13.8 Å². The molecule has 2 heterocycles. The summed E-state index contributed by atoms with van der Waals surface area (Å²) in [6.07, 6.45) is 1.27. The van der Waals surface area contributed by atoms with Crippen molar-refractivity contribution < 1.29 is 9.53 Å². The van der Waals surface area contributed by atoms with Gasteiger partial charge in [0.2, 0.25) is 5.91 Å². The molecule has 1 atom stereocenters. The molecule has 1 amide bonds. The minimum absolute atomic E-state index is 0.235. The van der Waals surface area contributed by atoms with Gasteiger partial charge in [-0.25, -0.2) is 0 Å². The summed E-state index contributed by atoms with van der Waals surface area (Å²) in [4.78, 5) is 16.2. The van der Waals surface area contributed by atoms with E-state index in [1.165, 1.54) is 0 Å². The Bertz CT molecular complexity index is 277. The van der Waals surface area contributed by atoms with Crippen molar-refractivity contribution >= 4 is 5.91 Å². The Labute approximate surface area is 109 Å². The topological polar surface area (TPSA) is 44.8 Å². The maximum atomic E-state index is 11.9. The second-order valence-electron chi connectivity index (χ2n) is 5.57. The molecule has 18 heavy (non-hydrogen) atoms. The fraction of sp³-hybridized carbons (Fsp3) is 0.923. The second-order valence-corrected chi connectivity index (χ2v) is 5.57. The molecule has 0 aromatic carbocycles. The molecule has 0 aromatic rings. The number of nitrogens with one attached hydrogen (secondary N) is 1. The van der Waals surface area contributed by atoms with E-state index >= 15 is 0 Å². The Morgan fingerprint density at radius 3 is 2.72 bits per heavy atom. The third-order valence-electron chi connectivity index (χ3n) is 3.64. The van der Waals surface area contributed by atoms with E-state index in [1.54, 1.807) is 0 Å². The van der Waals surface area contributed by atoms with Crippen LogP contribution in [0.5, 0.6) is 0 Å². The van der Waals surface area contributed by atoms with Crippen LogP contribution in [0.15, 0.2) is 0 Å². The minimum Gasteiger partial charge on any atom is -0.379 e. The third kappa shape index (κ3) is 3.67. The number of amides is 1. The van der Waals surface area contributed by atoms with E-state index in [0.29, 0.717) is 12.5 Å². The van der Waals surface area contributed by atoms with E-state index in [9.17, 15) is 4.79 Å². The lowest BCUT2D eigenvalue weighted by Crippen LogP contribution is -2.45. The van der Waals surface area contributed by atoms with Crippen molar-refractivity contribution in [2.45, 2.75) is 26.4 Å². The second kappa shape index (κ2) is 6.50. The van der Waals surface area contributed by atoms with Crippen molar-refractivity contribution in [3.8, 4) is 0 Å². The van der Waals surface area contributed by atoms with E-state index in [0.717, 1.165) is 45.8 Å². The predicted octanol–water partition coefficient (Wildman–Crippen LogP) is 0.123. The minimum atomic E-state index is 0.235. The molecule has 2 saturated heterocycles. The summed E-state index contributed by atoms with van der Waals surface area (Å²) in [5.41, 5.74) is 0. The van der Waals surface area contributed by atoms with Crippen LogP contribution in [0.3, 0.4) is 0 Å². The van der Waals surface area contributed by atoms with Gasteiger partial charge >= 0.3 is 0 Å². The Morgan fingerprint density at radius 2 is 2.06 bits per heavy atom. The van der Waals surface area contributed by atoms with E-state index < -0.39 is 0 Å². The molecule has 2 aliphatic rings. The van der Waals surface area contributed by atoms with Crippen LogP contribution in [0.1, 0.15) is 20.3 Å². The number of nitrogens with zero attached hydrogens (tertiary/aromatic N) is 2. The molecule has 5 nitrogen and oxygen atoms in total. The van der Waals surface area contributed by atoms with Crippen molar-refractivity contribution in [1.29, 1.82) is 0 Å². The Hall–Kier alpha value is -0.650. The molecule has 0 aliphatic carbocycles. The van der Waals surface area contributed by atoms with Crippen LogP contribution in [0.4, 0.5) is 0 Å². The normalized spacial score (nSPS) is 26.3. The van der Waals surface area contributed by atoms with Crippen molar-refractivity contribution in [2.24, 2.45) is 5.92 Å². The van der Waals surface area contributed by atoms with Gasteiger partial charge in [0.15, 0.2) is 0 Å². The summed E-state index contributed by atoms with van der Waals surface area (Å²) in [5.74, 6) is 0.855. The third-order valence-corrected chi connectivity index (χ3v) is 3.64. The quantitative estimate of drug-likeness (QED) is 0.758. The molecule has 2 aliphatic heterocycles. The molecule has 0 spiro atoms. The molecule has 104 valence electrons. The number of carbonyl (C=O) groups excluding carboxylic acids is 1. The lowest BCUT2D eigenvalue weighted by atomic mass is 10.1. The molecular weight excluding hydrogens is 230 g/mol. The highest BCUT2D eigenvalue weighted by Crippen LogP contribution is 2.14. The van der Waals surface area contributed by atoms with Gasteiger partial charge in [-0.15, -0.1) is 0 Å². The number of carbonyl (C=O) groups is 1. The molecule has 0 saturated carbocycles. The van der Waals surface area contributed by atoms with Crippen LogP contribution < -0.4 is 5.32 Å². The van der Waals surface area contributed by atoms with Gasteiger partial charge in [0.25, 0.3) is 0 Å². The summed E-state index contributed by atoms with van der Waals surface area (Å²) in [5, 5.41) is 3.31. The molecular formula is C13H25N3O2. The molecule has 0 radical (unpaired) electrons. The fourth-order valence-electron chi connectivity index (χ4n) is 2.60. The molecule has 0 bridgehead atoms. The zero-order chi connectivity index (χ0) is 13.0. The first kappa shape index (κ1) is 13.8. The van der Waals surface area contributed by atoms with Crippen LogP contribution >= 0.6 is 0 Å². The SMILES string of the molecule is CC(C)CC1NCC(=O)N1CCN1CCOCC1. The van der Waals surface area contributed by atoms with Crippen LogP contribution in [-0.4, -0.2) is 67.8 Å². The van der Waals surface area contributed by atoms with E-state index in [4.69, 9.17) is 4.74 Å². The Balaban J connectivity index is 1.79. The van der Waals surface area contributed by atoms with Gasteiger partial charge in [0.1, 0.15) is 0 Å². The van der Waals surface area contributed by atoms with E-state index in [-0.39, 0.29) is 12.1 Å². The number of hydrogen-bond donors (Lipinski definition) is 1. The average molecular weight is 255 g/mol. The summed E-state index contributed by atoms with van der Waals surface area (Å²) in [7, 11) is 0. The van der Waals surface area contributed by atoms with E-state index in [1.807, 2.05) is 4.90 Å². The van der Waals surface area contributed by atoms with Crippen molar-refractivity contribution in [3.63, 3.8) is 0 Å². The van der Waals surface area contributed by atoms with E-state index in [2.05, 4.69) is 24.1 Å². The zero-order valence-electron chi connectivity index (χ0n) is 11.5. The smallest absolute Gasteiger partial charge is 0.237 e. The molecule has 1 N–H and O–H groups in total. The summed E-state index contributed by atoms with van der Waals surface area (Å²) in [6, 6.07) is 0. The van der Waals surface area contributed by atoms with Crippen molar-refractivity contribution in [2.75, 3.05) is 45.9 Å². The molecule has 2 rings (SSSR count). The molecule has 1 unspecified atom stereocenters. The van der Waals surface area contributed by atoms with Gasteiger partial charge in [-0.2, -0.15) is 0 Å². The summed E-state index contributed by atoms with van der Waals surface area (Å²) < 4.78 is 5.33. The lowest BCUT2D eigenvalue weighted by Gasteiger charge is -2.31. The number of hydrogen-bond acceptors (Lipinski definition) is 4. The molecule has 5 heteroatoms. The Kier molecular flexibility index (Phi) is 4.97. The molecule has 2 fully saturated rings. The van der Waals surface area contributed by atoms with Crippen LogP contribution in [0, 0.1) is 5.92 Å². The van der Waals surface area contributed by atoms with Crippen molar-refractivity contribution in [1.82, 2.24) is 15.1 Å². The highest BCUT2D eigenvalue weighted by Gasteiger charge is 2.30. The van der Waals surface area contributed by atoms with Gasteiger partial charge in [0.05, 0.1) is 25.9 Å². The van der Waals surface area contributed by atoms with Crippen LogP contribution in [0.2, 0.25) is 0 Å². The lowest BCUT2D eigenvalue weighted by molar-refractivity contribution is -0.128. The van der Waals surface area contributed by atoms with Gasteiger partial charge in [-0.3, -0.25) is 15.0 Å². The zero-order valence-corrected chi connectivity index (χ0v) is 11.5. The first-order chi connectivity index (χ1) is 8.66. The number of ether oxygens (including phenoxy) is 1. The average Bonchev–Trinajstić information content (AvgIpc) is 2.68. The standard InChI is InChI=1S/C13H25N3O2/c1-11(2)9-12-14-10-13(17)16(12)4-3-15-5-7-18-8-6-15/h11-12,14H,3-10H2,1-2H3. The fourth-order valence-corrected chi connectivity index (χ4v) is 2.60.